The van der Waals surface area contributed by atoms with Crippen molar-refractivity contribution in [1.29, 1.82) is 0 Å². The fraction of sp³-hybridized carbons (Fsp3) is 0.750. The van der Waals surface area contributed by atoms with Crippen LogP contribution in [0.4, 0.5) is 0 Å². The molecule has 118 valence electrons. The summed E-state index contributed by atoms with van der Waals surface area (Å²) in [6.45, 7) is 10.3. The Morgan fingerprint density at radius 1 is 1.19 bits per heavy atom. The van der Waals surface area contributed by atoms with Crippen molar-refractivity contribution in [3.05, 3.63) is 22.8 Å². The Balaban J connectivity index is 2.18. The van der Waals surface area contributed by atoms with E-state index in [1.165, 1.54) is 5.56 Å². The van der Waals surface area contributed by atoms with Crippen molar-refractivity contribution < 1.29 is 0 Å². The molecule has 2 heterocycles. The highest BCUT2D eigenvalue weighted by atomic mass is 15.3. The fourth-order valence-electron chi connectivity index (χ4n) is 3.25. The molecule has 0 saturated carbocycles. The first-order valence-corrected chi connectivity index (χ1v) is 7.85. The molecular weight excluding hydrogens is 262 g/mol. The Morgan fingerprint density at radius 3 is 2.38 bits per heavy atom. The van der Waals surface area contributed by atoms with Crippen molar-refractivity contribution in [1.82, 2.24) is 19.8 Å². The van der Waals surface area contributed by atoms with Gasteiger partial charge in [-0.2, -0.15) is 0 Å². The van der Waals surface area contributed by atoms with Gasteiger partial charge in [-0.05, 0) is 46.0 Å². The minimum atomic E-state index is 0.322. The van der Waals surface area contributed by atoms with Crippen molar-refractivity contribution >= 4 is 0 Å². The van der Waals surface area contributed by atoms with Crippen LogP contribution in [0.5, 0.6) is 0 Å². The standard InChI is InChI=1S/C16H29N5/c1-11(9-17)16-12(2)18-15(19-13(16)3)8-14-10-20(4)6-7-21(14)5/h11,14H,6-10,17H2,1-5H3. The molecule has 0 bridgehead atoms. The second-order valence-corrected chi connectivity index (χ2v) is 6.46. The molecule has 5 nitrogen and oxygen atoms in total. The minimum absolute atomic E-state index is 0.322. The van der Waals surface area contributed by atoms with Crippen molar-refractivity contribution in [2.75, 3.05) is 40.3 Å². The summed E-state index contributed by atoms with van der Waals surface area (Å²) in [6, 6.07) is 0.500. The fourth-order valence-corrected chi connectivity index (χ4v) is 3.25. The van der Waals surface area contributed by atoms with Gasteiger partial charge < -0.3 is 15.5 Å². The summed E-state index contributed by atoms with van der Waals surface area (Å²) in [5.41, 5.74) is 9.18. The molecule has 2 unspecified atom stereocenters. The number of nitrogens with zero attached hydrogens (tertiary/aromatic N) is 4. The number of aryl methyl sites for hydroxylation is 2. The zero-order valence-corrected chi connectivity index (χ0v) is 14.1. The Morgan fingerprint density at radius 2 is 1.81 bits per heavy atom. The van der Waals surface area contributed by atoms with E-state index in [-0.39, 0.29) is 0 Å². The third-order valence-corrected chi connectivity index (χ3v) is 4.62. The lowest BCUT2D eigenvalue weighted by atomic mass is 9.98. The summed E-state index contributed by atoms with van der Waals surface area (Å²) < 4.78 is 0. The average molecular weight is 291 g/mol. The Labute approximate surface area is 128 Å². The van der Waals surface area contributed by atoms with Crippen LogP contribution in [-0.4, -0.2) is 66.1 Å². The predicted molar refractivity (Wildman–Crippen MR) is 86.6 cm³/mol. The molecule has 2 atom stereocenters. The van der Waals surface area contributed by atoms with Crippen LogP contribution in [0.2, 0.25) is 0 Å². The minimum Gasteiger partial charge on any atom is -0.330 e. The summed E-state index contributed by atoms with van der Waals surface area (Å²) in [7, 11) is 4.38. The number of rotatable bonds is 4. The molecule has 0 amide bonds. The average Bonchev–Trinajstić information content (AvgIpc) is 2.42. The van der Waals surface area contributed by atoms with Crippen LogP contribution in [0.3, 0.4) is 0 Å². The summed E-state index contributed by atoms with van der Waals surface area (Å²) in [5, 5.41) is 0. The van der Waals surface area contributed by atoms with Gasteiger partial charge in [0.15, 0.2) is 0 Å². The van der Waals surface area contributed by atoms with E-state index in [0.29, 0.717) is 18.5 Å². The van der Waals surface area contributed by atoms with Gasteiger partial charge >= 0.3 is 0 Å². The van der Waals surface area contributed by atoms with Crippen molar-refractivity contribution in [3.8, 4) is 0 Å². The lowest BCUT2D eigenvalue weighted by Crippen LogP contribution is -2.51. The summed E-state index contributed by atoms with van der Waals surface area (Å²) >= 11 is 0. The Hall–Kier alpha value is -1.04. The van der Waals surface area contributed by atoms with E-state index < -0.39 is 0 Å². The van der Waals surface area contributed by atoms with E-state index in [1.807, 2.05) is 0 Å². The van der Waals surface area contributed by atoms with E-state index in [9.17, 15) is 0 Å². The van der Waals surface area contributed by atoms with Crippen LogP contribution < -0.4 is 5.73 Å². The molecule has 2 N–H and O–H groups in total. The van der Waals surface area contributed by atoms with Crippen LogP contribution in [0.1, 0.15) is 35.6 Å². The highest BCUT2D eigenvalue weighted by Gasteiger charge is 2.24. The smallest absolute Gasteiger partial charge is 0.130 e. The van der Waals surface area contributed by atoms with E-state index in [0.717, 1.165) is 43.3 Å². The summed E-state index contributed by atoms with van der Waals surface area (Å²) in [4.78, 5) is 14.3. The lowest BCUT2D eigenvalue weighted by Gasteiger charge is -2.37. The molecule has 0 radical (unpaired) electrons. The van der Waals surface area contributed by atoms with Gasteiger partial charge in [0.2, 0.25) is 0 Å². The first-order chi connectivity index (χ1) is 9.92. The highest BCUT2D eigenvalue weighted by Crippen LogP contribution is 2.21. The molecule has 0 spiro atoms. The quantitative estimate of drug-likeness (QED) is 0.895. The van der Waals surface area contributed by atoms with Gasteiger partial charge in [0.1, 0.15) is 5.82 Å². The molecule has 1 aliphatic heterocycles. The molecule has 1 fully saturated rings. The third-order valence-electron chi connectivity index (χ3n) is 4.62. The van der Waals surface area contributed by atoms with Gasteiger partial charge in [0, 0.05) is 43.5 Å². The molecule has 2 rings (SSSR count). The first kappa shape index (κ1) is 16.3. The van der Waals surface area contributed by atoms with Gasteiger partial charge in [0.05, 0.1) is 0 Å². The van der Waals surface area contributed by atoms with Gasteiger partial charge in [-0.1, -0.05) is 6.92 Å². The van der Waals surface area contributed by atoms with E-state index >= 15 is 0 Å². The lowest BCUT2D eigenvalue weighted by molar-refractivity contribution is 0.113. The van der Waals surface area contributed by atoms with Crippen molar-refractivity contribution in [2.45, 2.75) is 39.2 Å². The van der Waals surface area contributed by atoms with E-state index in [1.54, 1.807) is 0 Å². The predicted octanol–water partition coefficient (Wildman–Crippen LogP) is 0.944. The number of hydrogen-bond acceptors (Lipinski definition) is 5. The maximum atomic E-state index is 5.80. The number of likely N-dealkylation sites (N-methyl/N-ethyl adjacent to an activating group) is 2. The largest absolute Gasteiger partial charge is 0.330 e. The van der Waals surface area contributed by atoms with Crippen LogP contribution in [0.25, 0.3) is 0 Å². The molecule has 0 aliphatic carbocycles. The summed E-state index contributed by atoms with van der Waals surface area (Å²) in [5.74, 6) is 1.28. The third kappa shape index (κ3) is 3.78. The number of nitrogens with two attached hydrogens (primary N) is 1. The molecule has 21 heavy (non-hydrogen) atoms. The van der Waals surface area contributed by atoms with Crippen LogP contribution in [-0.2, 0) is 6.42 Å². The van der Waals surface area contributed by atoms with Crippen molar-refractivity contribution in [2.24, 2.45) is 5.73 Å². The molecule has 1 aromatic heterocycles. The van der Waals surface area contributed by atoms with Gasteiger partial charge in [-0.15, -0.1) is 0 Å². The van der Waals surface area contributed by atoms with Crippen LogP contribution in [0, 0.1) is 13.8 Å². The molecule has 1 saturated heterocycles. The SMILES string of the molecule is Cc1nc(CC2CN(C)CCN2C)nc(C)c1C(C)CN. The van der Waals surface area contributed by atoms with Crippen molar-refractivity contribution in [3.63, 3.8) is 0 Å². The highest BCUT2D eigenvalue weighted by molar-refractivity contribution is 5.28. The van der Waals surface area contributed by atoms with Crippen LogP contribution in [0.15, 0.2) is 0 Å². The van der Waals surface area contributed by atoms with Gasteiger partial charge in [0.25, 0.3) is 0 Å². The molecular formula is C16H29N5. The van der Waals surface area contributed by atoms with Gasteiger partial charge in [-0.3, -0.25) is 0 Å². The normalized spacial score (nSPS) is 22.5. The van der Waals surface area contributed by atoms with E-state index in [2.05, 4.69) is 44.7 Å². The number of aromatic nitrogens is 2. The molecule has 0 aromatic carbocycles. The molecule has 5 heteroatoms. The Kier molecular flexibility index (Phi) is 5.30. The summed E-state index contributed by atoms with van der Waals surface area (Å²) in [6.07, 6.45) is 0.916. The maximum absolute atomic E-state index is 5.80. The number of piperazine rings is 1. The molecule has 1 aliphatic rings. The monoisotopic (exact) mass is 291 g/mol. The maximum Gasteiger partial charge on any atom is 0.130 e. The second kappa shape index (κ2) is 6.81. The van der Waals surface area contributed by atoms with E-state index in [4.69, 9.17) is 15.7 Å². The Bertz CT molecular complexity index is 465. The zero-order chi connectivity index (χ0) is 15.6. The molecule has 1 aromatic rings. The first-order valence-electron chi connectivity index (χ1n) is 7.85. The zero-order valence-electron chi connectivity index (χ0n) is 14.1. The number of hydrogen-bond donors (Lipinski definition) is 1. The second-order valence-electron chi connectivity index (χ2n) is 6.46. The van der Waals surface area contributed by atoms with Gasteiger partial charge in [-0.25, -0.2) is 9.97 Å². The topological polar surface area (TPSA) is 58.3 Å². The van der Waals surface area contributed by atoms with Crippen LogP contribution >= 0.6 is 0 Å².